The Morgan fingerprint density at radius 3 is 2.07 bits per heavy atom. The highest BCUT2D eigenvalue weighted by Crippen LogP contribution is 2.18. The zero-order valence-electron chi connectivity index (χ0n) is 10.3. The highest BCUT2D eigenvalue weighted by Gasteiger charge is 2.10. The molecule has 0 amide bonds. The second-order valence-electron chi connectivity index (χ2n) is 4.42. The van der Waals surface area contributed by atoms with Gasteiger partial charge in [-0.25, -0.2) is 0 Å². The Morgan fingerprint density at radius 1 is 0.929 bits per heavy atom. The summed E-state index contributed by atoms with van der Waals surface area (Å²) in [7, 11) is 0. The normalized spacial score (nSPS) is 13.5. The van der Waals surface area contributed by atoms with Crippen molar-refractivity contribution in [2.24, 2.45) is 5.92 Å². The van der Waals surface area contributed by atoms with E-state index < -0.39 is 0 Å². The van der Waals surface area contributed by atoms with Crippen molar-refractivity contribution in [3.63, 3.8) is 0 Å². The van der Waals surface area contributed by atoms with Crippen LogP contribution in [0.2, 0.25) is 0 Å². The van der Waals surface area contributed by atoms with Crippen molar-refractivity contribution in [2.45, 2.75) is 78.2 Å². The first-order valence-electron chi connectivity index (χ1n) is 6.42. The van der Waals surface area contributed by atoms with Crippen LogP contribution in [-0.4, -0.2) is 11.2 Å². The second kappa shape index (κ2) is 9.51. The predicted molar refractivity (Wildman–Crippen MR) is 63.5 cm³/mol. The van der Waals surface area contributed by atoms with Crippen molar-refractivity contribution in [1.29, 1.82) is 0 Å². The Balaban J connectivity index is 3.38. The zero-order chi connectivity index (χ0) is 10.8. The summed E-state index contributed by atoms with van der Waals surface area (Å²) in [5, 5.41) is 9.78. The van der Waals surface area contributed by atoms with Crippen LogP contribution in [0.25, 0.3) is 0 Å². The van der Waals surface area contributed by atoms with Crippen molar-refractivity contribution in [3.8, 4) is 0 Å². The molecule has 0 rings (SSSR count). The van der Waals surface area contributed by atoms with Gasteiger partial charge in [-0.15, -0.1) is 0 Å². The molecule has 0 saturated carbocycles. The summed E-state index contributed by atoms with van der Waals surface area (Å²) in [6.07, 6.45) is 9.49. The number of hydrogen-bond donors (Lipinski definition) is 1. The lowest BCUT2D eigenvalue weighted by Crippen LogP contribution is -2.12. The highest BCUT2D eigenvalue weighted by molar-refractivity contribution is 4.63. The van der Waals surface area contributed by atoms with E-state index in [0.717, 1.165) is 18.8 Å². The standard InChI is InChI=1S/C13H28O/c1-4-7-8-9-10-13(14)11-12(5-2)6-3/h12-14H,4-11H2,1-3H3. The number of rotatable bonds is 9. The quantitative estimate of drug-likeness (QED) is 0.554. The second-order valence-corrected chi connectivity index (χ2v) is 4.42. The fourth-order valence-electron chi connectivity index (χ4n) is 1.93. The average Bonchev–Trinajstić information content (AvgIpc) is 2.21. The van der Waals surface area contributed by atoms with Gasteiger partial charge in [0.2, 0.25) is 0 Å². The molecule has 1 nitrogen and oxygen atoms in total. The Morgan fingerprint density at radius 2 is 1.57 bits per heavy atom. The van der Waals surface area contributed by atoms with Crippen molar-refractivity contribution in [3.05, 3.63) is 0 Å². The van der Waals surface area contributed by atoms with Gasteiger partial charge in [0.1, 0.15) is 0 Å². The number of unbranched alkanes of at least 4 members (excludes halogenated alkanes) is 3. The van der Waals surface area contributed by atoms with Crippen LogP contribution in [0.15, 0.2) is 0 Å². The molecule has 1 N–H and O–H groups in total. The lowest BCUT2D eigenvalue weighted by Gasteiger charge is -2.17. The Bertz CT molecular complexity index is 108. The van der Waals surface area contributed by atoms with E-state index >= 15 is 0 Å². The molecule has 1 atom stereocenters. The van der Waals surface area contributed by atoms with E-state index in [2.05, 4.69) is 20.8 Å². The van der Waals surface area contributed by atoms with Crippen LogP contribution in [0.3, 0.4) is 0 Å². The summed E-state index contributed by atoms with van der Waals surface area (Å²) in [6, 6.07) is 0. The Labute approximate surface area is 89.9 Å². The van der Waals surface area contributed by atoms with Crippen LogP contribution in [0.5, 0.6) is 0 Å². The Hall–Kier alpha value is -0.0400. The largest absolute Gasteiger partial charge is 0.393 e. The molecule has 0 aromatic carbocycles. The molecule has 0 aliphatic rings. The minimum absolute atomic E-state index is 0.0447. The van der Waals surface area contributed by atoms with E-state index in [9.17, 15) is 5.11 Å². The average molecular weight is 200 g/mol. The summed E-state index contributed by atoms with van der Waals surface area (Å²) in [4.78, 5) is 0. The van der Waals surface area contributed by atoms with Crippen molar-refractivity contribution >= 4 is 0 Å². The van der Waals surface area contributed by atoms with Gasteiger partial charge in [-0.3, -0.25) is 0 Å². The van der Waals surface area contributed by atoms with Crippen LogP contribution >= 0.6 is 0 Å². The monoisotopic (exact) mass is 200 g/mol. The minimum Gasteiger partial charge on any atom is -0.393 e. The van der Waals surface area contributed by atoms with Gasteiger partial charge >= 0.3 is 0 Å². The van der Waals surface area contributed by atoms with E-state index in [1.54, 1.807) is 0 Å². The van der Waals surface area contributed by atoms with Gasteiger partial charge in [0.25, 0.3) is 0 Å². The van der Waals surface area contributed by atoms with E-state index in [-0.39, 0.29) is 6.10 Å². The van der Waals surface area contributed by atoms with Gasteiger partial charge in [-0.1, -0.05) is 59.3 Å². The van der Waals surface area contributed by atoms with Crippen molar-refractivity contribution in [2.75, 3.05) is 0 Å². The molecule has 14 heavy (non-hydrogen) atoms. The van der Waals surface area contributed by atoms with Gasteiger partial charge in [0.05, 0.1) is 6.10 Å². The molecule has 0 saturated heterocycles. The minimum atomic E-state index is -0.0447. The topological polar surface area (TPSA) is 20.2 Å². The molecule has 86 valence electrons. The maximum atomic E-state index is 9.78. The molecule has 0 aliphatic heterocycles. The molecule has 0 spiro atoms. The summed E-state index contributed by atoms with van der Waals surface area (Å²) in [6.45, 7) is 6.66. The first-order valence-corrected chi connectivity index (χ1v) is 6.42. The maximum Gasteiger partial charge on any atom is 0.0542 e. The molecule has 1 heteroatoms. The van der Waals surface area contributed by atoms with Crippen LogP contribution in [-0.2, 0) is 0 Å². The number of aliphatic hydroxyl groups excluding tert-OH is 1. The molecule has 0 aromatic heterocycles. The van der Waals surface area contributed by atoms with Crippen molar-refractivity contribution < 1.29 is 5.11 Å². The molecule has 0 radical (unpaired) electrons. The third kappa shape index (κ3) is 7.37. The summed E-state index contributed by atoms with van der Waals surface area (Å²) < 4.78 is 0. The lowest BCUT2D eigenvalue weighted by atomic mass is 9.94. The van der Waals surface area contributed by atoms with E-state index in [1.165, 1.54) is 38.5 Å². The molecule has 1 unspecified atom stereocenters. The number of aliphatic hydroxyl groups is 1. The van der Waals surface area contributed by atoms with Crippen LogP contribution in [0.4, 0.5) is 0 Å². The van der Waals surface area contributed by atoms with Crippen LogP contribution in [0.1, 0.15) is 72.1 Å². The van der Waals surface area contributed by atoms with Gasteiger partial charge in [-0.05, 0) is 18.8 Å². The first kappa shape index (κ1) is 14.0. The van der Waals surface area contributed by atoms with Crippen molar-refractivity contribution in [1.82, 2.24) is 0 Å². The highest BCUT2D eigenvalue weighted by atomic mass is 16.3. The third-order valence-corrected chi connectivity index (χ3v) is 3.15. The summed E-state index contributed by atoms with van der Waals surface area (Å²) in [5.41, 5.74) is 0. The zero-order valence-corrected chi connectivity index (χ0v) is 10.3. The van der Waals surface area contributed by atoms with Gasteiger partial charge in [0.15, 0.2) is 0 Å². The lowest BCUT2D eigenvalue weighted by molar-refractivity contribution is 0.127. The molecule has 0 aromatic rings. The van der Waals surface area contributed by atoms with Gasteiger partial charge in [0, 0.05) is 0 Å². The molecular weight excluding hydrogens is 172 g/mol. The smallest absolute Gasteiger partial charge is 0.0542 e. The van der Waals surface area contributed by atoms with Crippen LogP contribution < -0.4 is 0 Å². The number of hydrogen-bond acceptors (Lipinski definition) is 1. The first-order chi connectivity index (χ1) is 6.74. The van der Waals surface area contributed by atoms with Gasteiger partial charge in [-0.2, -0.15) is 0 Å². The third-order valence-electron chi connectivity index (χ3n) is 3.15. The summed E-state index contributed by atoms with van der Waals surface area (Å²) in [5.74, 6) is 0.733. The molecule has 0 fully saturated rings. The van der Waals surface area contributed by atoms with E-state index in [1.807, 2.05) is 0 Å². The Kier molecular flexibility index (Phi) is 9.49. The maximum absolute atomic E-state index is 9.78. The molecular formula is C13H28O. The van der Waals surface area contributed by atoms with E-state index in [0.29, 0.717) is 0 Å². The molecule has 0 heterocycles. The van der Waals surface area contributed by atoms with Crippen LogP contribution in [0, 0.1) is 5.92 Å². The molecule has 0 bridgehead atoms. The SMILES string of the molecule is CCCCCCC(O)CC(CC)CC. The van der Waals surface area contributed by atoms with Gasteiger partial charge < -0.3 is 5.11 Å². The van der Waals surface area contributed by atoms with E-state index in [4.69, 9.17) is 0 Å². The fourth-order valence-corrected chi connectivity index (χ4v) is 1.93. The fraction of sp³-hybridized carbons (Fsp3) is 1.00. The molecule has 0 aliphatic carbocycles. The predicted octanol–water partition coefficient (Wildman–Crippen LogP) is 4.14. The summed E-state index contributed by atoms with van der Waals surface area (Å²) >= 11 is 0.